The summed E-state index contributed by atoms with van der Waals surface area (Å²) >= 11 is 1.14. The maximum absolute atomic E-state index is 12.3. The summed E-state index contributed by atoms with van der Waals surface area (Å²) < 4.78 is 27.3. The summed E-state index contributed by atoms with van der Waals surface area (Å²) in [6, 6.07) is 14.3. The van der Waals surface area contributed by atoms with E-state index in [1.165, 1.54) is 0 Å². The molecule has 3 aromatic rings. The van der Waals surface area contributed by atoms with Crippen molar-refractivity contribution in [2.24, 2.45) is 0 Å². The fourth-order valence-corrected chi connectivity index (χ4v) is 4.92. The Balaban J connectivity index is 2.07. The van der Waals surface area contributed by atoms with Crippen molar-refractivity contribution >= 4 is 38.7 Å². The summed E-state index contributed by atoms with van der Waals surface area (Å²) in [4.78, 5) is 16.3. The number of hydrogen-bond acceptors (Lipinski definition) is 4. The highest BCUT2D eigenvalue weighted by Crippen LogP contribution is 2.44. The first-order valence-corrected chi connectivity index (χ1v) is 12.0. The highest BCUT2D eigenvalue weighted by Gasteiger charge is 2.23. The minimum absolute atomic E-state index is 0.153. The second kappa shape index (κ2) is 8.92. The molecule has 31 heavy (non-hydrogen) atoms. The van der Waals surface area contributed by atoms with Gasteiger partial charge in [0.15, 0.2) is 0 Å². The minimum Gasteiger partial charge on any atom is -0.477 e. The molecule has 2 N–H and O–H groups in total. The summed E-state index contributed by atoms with van der Waals surface area (Å²) in [7, 11) is -3.50. The van der Waals surface area contributed by atoms with Gasteiger partial charge < -0.3 is 5.11 Å². The van der Waals surface area contributed by atoms with Crippen molar-refractivity contribution in [2.45, 2.75) is 32.4 Å². The fraction of sp³-hybridized carbons (Fsp3) is 0.217. The average molecular weight is 455 g/mol. The molecule has 1 heterocycles. The van der Waals surface area contributed by atoms with Gasteiger partial charge in [0.25, 0.3) is 0 Å². The Morgan fingerprint density at radius 1 is 1.13 bits per heavy atom. The number of hydrogen-bond donors (Lipinski definition) is 2. The topological polar surface area (TPSA) is 87.8 Å². The van der Waals surface area contributed by atoms with E-state index in [1.807, 2.05) is 19.1 Å². The van der Waals surface area contributed by atoms with Crippen molar-refractivity contribution < 1.29 is 18.3 Å². The first-order chi connectivity index (χ1) is 14.7. The number of para-hydroxylation sites is 1. The van der Waals surface area contributed by atoms with Crippen molar-refractivity contribution in [1.29, 1.82) is 0 Å². The third-order valence-corrected chi connectivity index (χ3v) is 7.92. The minimum atomic E-state index is -3.50. The van der Waals surface area contributed by atoms with E-state index >= 15 is 0 Å². The molecular formula is C23H22N2O4S2. The van der Waals surface area contributed by atoms with E-state index in [9.17, 15) is 18.3 Å². The van der Waals surface area contributed by atoms with E-state index in [0.29, 0.717) is 34.5 Å². The van der Waals surface area contributed by atoms with Crippen molar-refractivity contribution in [3.05, 3.63) is 69.7 Å². The number of sulfonamides is 1. The van der Waals surface area contributed by atoms with E-state index in [1.54, 1.807) is 50.2 Å². The van der Waals surface area contributed by atoms with Crippen LogP contribution in [0.25, 0.3) is 27.1 Å². The number of aromatic carboxylic acids is 1. The zero-order valence-corrected chi connectivity index (χ0v) is 19.0. The summed E-state index contributed by atoms with van der Waals surface area (Å²) in [5, 5.41) is 9.05. The highest BCUT2D eigenvalue weighted by atomic mass is 32.2. The maximum atomic E-state index is 12.3. The third-order valence-electron chi connectivity index (χ3n) is 4.86. The lowest BCUT2D eigenvalue weighted by molar-refractivity contribution is 0.0703. The van der Waals surface area contributed by atoms with Crippen molar-refractivity contribution in [3.63, 3.8) is 0 Å². The lowest BCUT2D eigenvalue weighted by Gasteiger charge is -2.15. The van der Waals surface area contributed by atoms with Crippen LogP contribution in [-0.4, -0.2) is 24.7 Å². The van der Waals surface area contributed by atoms with E-state index in [0.717, 1.165) is 21.8 Å². The van der Waals surface area contributed by atoms with Crippen LogP contribution in [-0.2, 0) is 16.4 Å². The Morgan fingerprint density at radius 2 is 1.74 bits per heavy atom. The number of rotatable bonds is 7. The molecule has 0 fully saturated rings. The molecule has 0 bridgehead atoms. The first-order valence-electron chi connectivity index (χ1n) is 9.67. The quantitative estimate of drug-likeness (QED) is 0.426. The van der Waals surface area contributed by atoms with Crippen LogP contribution in [0.1, 0.15) is 35.3 Å². The van der Waals surface area contributed by atoms with Crippen molar-refractivity contribution in [2.75, 3.05) is 4.72 Å². The van der Waals surface area contributed by atoms with Gasteiger partial charge in [-0.1, -0.05) is 49.4 Å². The molecule has 0 amide bonds. The number of anilines is 1. The van der Waals surface area contributed by atoms with Crippen LogP contribution in [0.3, 0.4) is 0 Å². The number of nitrogens with one attached hydrogen (secondary N) is 1. The van der Waals surface area contributed by atoms with Crippen molar-refractivity contribution in [3.8, 4) is 22.3 Å². The normalized spacial score (nSPS) is 11.3. The van der Waals surface area contributed by atoms with E-state index in [-0.39, 0.29) is 4.88 Å². The molecule has 0 aliphatic heterocycles. The van der Waals surface area contributed by atoms with Crippen LogP contribution < -0.4 is 4.72 Å². The van der Waals surface area contributed by atoms with E-state index in [2.05, 4.69) is 9.57 Å². The zero-order chi connectivity index (χ0) is 22.8. The number of carbonyl (C=O) groups is 1. The van der Waals surface area contributed by atoms with Crippen LogP contribution in [0.4, 0.5) is 11.4 Å². The summed E-state index contributed by atoms with van der Waals surface area (Å²) in [6.07, 6.45) is 0.587. The van der Waals surface area contributed by atoms with Gasteiger partial charge in [-0.25, -0.2) is 18.1 Å². The Labute approximate surface area is 186 Å². The molecule has 6 nitrogen and oxygen atoms in total. The Morgan fingerprint density at radius 3 is 2.29 bits per heavy atom. The maximum Gasteiger partial charge on any atom is 0.345 e. The lowest BCUT2D eigenvalue weighted by atomic mass is 9.98. The number of thiophene rings is 1. The smallest absolute Gasteiger partial charge is 0.345 e. The predicted molar refractivity (Wildman–Crippen MR) is 125 cm³/mol. The first kappa shape index (κ1) is 22.5. The standard InChI is InChI=1S/C23H22N2O4S2/c1-5-19-21(24-4)20(22(30-19)23(26)27)16-12-10-15(11-13-16)17-8-6-7-9-18(17)25-31(28,29)14(2)3/h6-14,25H,5H2,1-3H3,(H,26,27). The molecular weight excluding hydrogens is 432 g/mol. The fourth-order valence-electron chi connectivity index (χ4n) is 3.16. The molecule has 0 saturated carbocycles. The monoisotopic (exact) mass is 454 g/mol. The average Bonchev–Trinajstić information content (AvgIpc) is 3.13. The molecule has 160 valence electrons. The Bertz CT molecular complexity index is 1270. The molecule has 0 unspecified atom stereocenters. The number of benzene rings is 2. The molecule has 0 atom stereocenters. The largest absolute Gasteiger partial charge is 0.477 e. The molecule has 2 aromatic carbocycles. The van der Waals surface area contributed by atoms with Crippen LogP contribution in [0.15, 0.2) is 48.5 Å². The molecule has 0 aliphatic rings. The van der Waals surface area contributed by atoms with Gasteiger partial charge in [-0.15, -0.1) is 11.3 Å². The molecule has 0 radical (unpaired) electrons. The van der Waals surface area contributed by atoms with Gasteiger partial charge in [0.2, 0.25) is 15.7 Å². The summed E-state index contributed by atoms with van der Waals surface area (Å²) in [5.41, 5.74) is 3.41. The number of carboxylic acids is 1. The van der Waals surface area contributed by atoms with Gasteiger partial charge >= 0.3 is 5.97 Å². The third kappa shape index (κ3) is 4.48. The number of carboxylic acid groups (broad SMARTS) is 1. The number of nitrogens with zero attached hydrogens (tertiary/aromatic N) is 1. The van der Waals surface area contributed by atoms with Crippen LogP contribution >= 0.6 is 11.3 Å². The Kier molecular flexibility index (Phi) is 6.48. The van der Waals surface area contributed by atoms with Crippen LogP contribution in [0, 0.1) is 6.57 Å². The molecule has 1 aromatic heterocycles. The molecule has 3 rings (SSSR count). The van der Waals surface area contributed by atoms with E-state index < -0.39 is 21.2 Å². The van der Waals surface area contributed by atoms with Crippen LogP contribution in [0.2, 0.25) is 0 Å². The molecule has 0 spiro atoms. The van der Waals surface area contributed by atoms with Gasteiger partial charge in [-0.3, -0.25) is 4.72 Å². The van der Waals surface area contributed by atoms with E-state index in [4.69, 9.17) is 6.57 Å². The summed E-state index contributed by atoms with van der Waals surface area (Å²) in [5.74, 6) is -1.05. The van der Waals surface area contributed by atoms with Gasteiger partial charge in [0.05, 0.1) is 17.5 Å². The van der Waals surface area contributed by atoms with Gasteiger partial charge in [-0.2, -0.15) is 0 Å². The van der Waals surface area contributed by atoms with Gasteiger partial charge in [-0.05, 0) is 37.5 Å². The molecule has 0 saturated heterocycles. The van der Waals surface area contributed by atoms with Crippen LogP contribution in [0.5, 0.6) is 0 Å². The lowest BCUT2D eigenvalue weighted by Crippen LogP contribution is -2.22. The highest BCUT2D eigenvalue weighted by molar-refractivity contribution is 7.93. The summed E-state index contributed by atoms with van der Waals surface area (Å²) in [6.45, 7) is 12.6. The van der Waals surface area contributed by atoms with Crippen molar-refractivity contribution in [1.82, 2.24) is 0 Å². The molecule has 8 heteroatoms. The second-order valence-corrected chi connectivity index (χ2v) is 10.5. The zero-order valence-electron chi connectivity index (χ0n) is 17.3. The van der Waals surface area contributed by atoms with Gasteiger partial charge in [0, 0.05) is 16.0 Å². The second-order valence-electron chi connectivity index (χ2n) is 7.17. The number of aryl methyl sites for hydroxylation is 1. The Hall–Kier alpha value is -3.15. The molecule has 0 aliphatic carbocycles. The van der Waals surface area contributed by atoms with Gasteiger partial charge in [0.1, 0.15) is 4.88 Å². The predicted octanol–water partition coefficient (Wildman–Crippen LogP) is 6.04. The SMILES string of the molecule is [C-]#[N+]c1c(CC)sc(C(=O)O)c1-c1ccc(-c2ccccc2NS(=O)(=O)C(C)C)cc1.